The molecule has 0 aliphatic rings. The molecule has 1 aromatic heterocycles. The molecule has 0 saturated carbocycles. The maximum absolute atomic E-state index is 12.3. The van der Waals surface area contributed by atoms with Crippen molar-refractivity contribution in [3.05, 3.63) is 54.4 Å². The van der Waals surface area contributed by atoms with E-state index in [4.69, 9.17) is 5.41 Å². The van der Waals surface area contributed by atoms with Crippen molar-refractivity contribution < 1.29 is 4.55 Å². The van der Waals surface area contributed by atoms with Gasteiger partial charge in [-0.05, 0) is 45.9 Å². The highest BCUT2D eigenvalue weighted by Crippen LogP contribution is 2.22. The molecule has 0 aliphatic carbocycles. The lowest BCUT2D eigenvalue weighted by Crippen LogP contribution is -2.46. The fourth-order valence-corrected chi connectivity index (χ4v) is 2.84. The Balaban J connectivity index is 2.18. The number of rotatable bonds is 6. The van der Waals surface area contributed by atoms with Gasteiger partial charge in [0.2, 0.25) is 0 Å². The maximum atomic E-state index is 12.3. The lowest BCUT2D eigenvalue weighted by Gasteiger charge is -2.27. The molecule has 1 heterocycles. The number of hydrogen-bond acceptors (Lipinski definition) is 5. The van der Waals surface area contributed by atoms with E-state index in [1.54, 1.807) is 12.4 Å². The summed E-state index contributed by atoms with van der Waals surface area (Å²) in [7, 11) is 0. The number of anilines is 2. The monoisotopic (exact) mass is 344 g/mol. The van der Waals surface area contributed by atoms with Gasteiger partial charge in [-0.15, -0.1) is 4.72 Å². The predicted molar refractivity (Wildman–Crippen MR) is 101 cm³/mol. The standard InChI is InChI=1S/C18H24N4OS/c1-13(22-24(23)18(2,3)4)17(19)15-9-5-6-10-16(15)21-14-8-7-11-20-12-14/h5-13,19,21-22H,1-4H3/t13-,24?/m0/s1. The average molecular weight is 344 g/mol. The second-order valence-corrected chi connectivity index (χ2v) is 8.54. The topological polar surface area (TPSA) is 83.9 Å². The van der Waals surface area contributed by atoms with Crippen LogP contribution in [0.15, 0.2) is 48.8 Å². The molecule has 0 saturated heterocycles. The van der Waals surface area contributed by atoms with Crippen molar-refractivity contribution in [2.75, 3.05) is 5.32 Å². The van der Waals surface area contributed by atoms with Gasteiger partial charge in [0.05, 0.1) is 23.6 Å². The van der Waals surface area contributed by atoms with Crippen LogP contribution in [0.5, 0.6) is 0 Å². The molecule has 0 spiro atoms. The van der Waals surface area contributed by atoms with Crippen molar-refractivity contribution in [1.29, 1.82) is 5.41 Å². The molecule has 2 atom stereocenters. The van der Waals surface area contributed by atoms with E-state index in [1.807, 2.05) is 64.1 Å². The van der Waals surface area contributed by atoms with E-state index in [0.29, 0.717) is 5.71 Å². The Labute approximate surface area is 146 Å². The van der Waals surface area contributed by atoms with Gasteiger partial charge in [-0.1, -0.05) is 18.2 Å². The van der Waals surface area contributed by atoms with Crippen LogP contribution in [0.4, 0.5) is 11.4 Å². The van der Waals surface area contributed by atoms with Crippen LogP contribution in [-0.2, 0) is 11.4 Å². The van der Waals surface area contributed by atoms with E-state index in [2.05, 4.69) is 15.0 Å². The molecule has 0 radical (unpaired) electrons. The third-order valence-corrected chi connectivity index (χ3v) is 5.11. The minimum absolute atomic E-state index is 0.332. The predicted octanol–water partition coefficient (Wildman–Crippen LogP) is 3.63. The molecule has 2 aromatic rings. The van der Waals surface area contributed by atoms with Gasteiger partial charge in [-0.25, -0.2) is 0 Å². The number of nitrogens with zero attached hydrogens (tertiary/aromatic N) is 1. The zero-order valence-electron chi connectivity index (χ0n) is 14.5. The van der Waals surface area contributed by atoms with E-state index in [1.165, 1.54) is 0 Å². The molecule has 128 valence electrons. The molecule has 0 amide bonds. The minimum Gasteiger partial charge on any atom is -0.598 e. The van der Waals surface area contributed by atoms with Crippen molar-refractivity contribution in [2.24, 2.45) is 0 Å². The second-order valence-electron chi connectivity index (χ2n) is 6.55. The van der Waals surface area contributed by atoms with Gasteiger partial charge in [0.15, 0.2) is 0 Å². The molecule has 5 nitrogen and oxygen atoms in total. The van der Waals surface area contributed by atoms with Crippen LogP contribution in [0.1, 0.15) is 33.3 Å². The van der Waals surface area contributed by atoms with E-state index < -0.39 is 11.4 Å². The van der Waals surface area contributed by atoms with Gasteiger partial charge in [0.1, 0.15) is 4.75 Å². The fraction of sp³-hybridized carbons (Fsp3) is 0.333. The number of pyridine rings is 1. The van der Waals surface area contributed by atoms with Crippen LogP contribution in [0.3, 0.4) is 0 Å². The number of nitrogens with one attached hydrogen (secondary N) is 3. The lowest BCUT2D eigenvalue weighted by atomic mass is 10.0. The quantitative estimate of drug-likeness (QED) is 0.552. The van der Waals surface area contributed by atoms with E-state index >= 15 is 0 Å². The Hall–Kier alpha value is -1.89. The minimum atomic E-state index is -1.23. The molecule has 0 aliphatic heterocycles. The van der Waals surface area contributed by atoms with Crippen molar-refractivity contribution in [2.45, 2.75) is 38.5 Å². The molecular formula is C18H24N4OS. The summed E-state index contributed by atoms with van der Waals surface area (Å²) in [6, 6.07) is 11.1. The molecular weight excluding hydrogens is 320 g/mol. The van der Waals surface area contributed by atoms with Crippen molar-refractivity contribution in [3.8, 4) is 0 Å². The fourth-order valence-electron chi connectivity index (χ4n) is 2.05. The largest absolute Gasteiger partial charge is 0.598 e. The zero-order valence-corrected chi connectivity index (χ0v) is 15.3. The Kier molecular flexibility index (Phi) is 5.99. The Morgan fingerprint density at radius 1 is 1.21 bits per heavy atom. The number of para-hydroxylation sites is 1. The van der Waals surface area contributed by atoms with Gasteiger partial charge >= 0.3 is 0 Å². The summed E-state index contributed by atoms with van der Waals surface area (Å²) in [5.74, 6) is 0. The Bertz CT molecular complexity index is 685. The molecule has 2 rings (SSSR count). The first-order chi connectivity index (χ1) is 11.3. The highest BCUT2D eigenvalue weighted by atomic mass is 32.2. The number of aromatic nitrogens is 1. The SMILES string of the molecule is C[C@H](N[S+]([O-])C(C)(C)C)C(=N)c1ccccc1Nc1cccnc1. The van der Waals surface area contributed by atoms with Crippen LogP contribution < -0.4 is 10.0 Å². The lowest BCUT2D eigenvalue weighted by molar-refractivity contribution is 0.541. The van der Waals surface area contributed by atoms with Gasteiger partial charge in [0, 0.05) is 28.8 Å². The second kappa shape index (κ2) is 7.79. The van der Waals surface area contributed by atoms with Crippen molar-refractivity contribution in [1.82, 2.24) is 9.71 Å². The smallest absolute Gasteiger partial charge is 0.136 e. The van der Waals surface area contributed by atoms with Crippen LogP contribution >= 0.6 is 0 Å². The van der Waals surface area contributed by atoms with Gasteiger partial charge in [-0.3, -0.25) is 4.98 Å². The molecule has 0 fully saturated rings. The molecule has 6 heteroatoms. The number of hydrogen-bond donors (Lipinski definition) is 3. The normalized spacial score (nSPS) is 14.0. The highest BCUT2D eigenvalue weighted by Gasteiger charge is 2.29. The molecule has 1 unspecified atom stereocenters. The molecule has 1 aromatic carbocycles. The summed E-state index contributed by atoms with van der Waals surface area (Å²) in [4.78, 5) is 4.09. The summed E-state index contributed by atoms with van der Waals surface area (Å²) in [5.41, 5.74) is 2.84. The van der Waals surface area contributed by atoms with Gasteiger partial charge in [0.25, 0.3) is 0 Å². The first-order valence-corrected chi connectivity index (χ1v) is 8.97. The summed E-state index contributed by atoms with van der Waals surface area (Å²) in [5, 5.41) is 11.8. The first kappa shape index (κ1) is 18.4. The summed E-state index contributed by atoms with van der Waals surface area (Å²) >= 11 is -1.23. The molecule has 3 N–H and O–H groups in total. The van der Waals surface area contributed by atoms with Crippen LogP contribution in [0.25, 0.3) is 0 Å². The Morgan fingerprint density at radius 3 is 2.54 bits per heavy atom. The van der Waals surface area contributed by atoms with Gasteiger partial charge < -0.3 is 15.3 Å². The highest BCUT2D eigenvalue weighted by molar-refractivity contribution is 7.90. The third kappa shape index (κ3) is 4.80. The average Bonchev–Trinajstić information content (AvgIpc) is 2.54. The number of benzene rings is 1. The Morgan fingerprint density at radius 2 is 1.92 bits per heavy atom. The maximum Gasteiger partial charge on any atom is 0.136 e. The van der Waals surface area contributed by atoms with Gasteiger partial charge in [-0.2, -0.15) is 0 Å². The van der Waals surface area contributed by atoms with Crippen molar-refractivity contribution >= 4 is 28.4 Å². The third-order valence-electron chi connectivity index (χ3n) is 3.43. The first-order valence-electron chi connectivity index (χ1n) is 7.82. The summed E-state index contributed by atoms with van der Waals surface area (Å²) in [6.45, 7) is 7.58. The van der Waals surface area contributed by atoms with Crippen LogP contribution in [-0.4, -0.2) is 26.0 Å². The van der Waals surface area contributed by atoms with Crippen molar-refractivity contribution in [3.63, 3.8) is 0 Å². The van der Waals surface area contributed by atoms with E-state index in [9.17, 15) is 4.55 Å². The summed E-state index contributed by atoms with van der Waals surface area (Å²) < 4.78 is 14.9. The summed E-state index contributed by atoms with van der Waals surface area (Å²) in [6.07, 6.45) is 3.45. The zero-order chi connectivity index (χ0) is 17.7. The molecule has 0 bridgehead atoms. The van der Waals surface area contributed by atoms with E-state index in [0.717, 1.165) is 16.9 Å². The van der Waals surface area contributed by atoms with Crippen LogP contribution in [0.2, 0.25) is 0 Å². The van der Waals surface area contributed by atoms with E-state index in [-0.39, 0.29) is 10.8 Å². The van der Waals surface area contributed by atoms with Crippen LogP contribution in [0, 0.1) is 5.41 Å². The molecule has 24 heavy (non-hydrogen) atoms.